The molecule has 0 aliphatic rings. The first kappa shape index (κ1) is 11.4. The molecule has 5 nitrogen and oxygen atoms in total. The Labute approximate surface area is 84.8 Å². The molecule has 1 rings (SSSR count). The Balaban J connectivity index is 3.51. The first-order valence-electron chi connectivity index (χ1n) is 4.22. The lowest BCUT2D eigenvalue weighted by molar-refractivity contribution is 0.598. The summed E-state index contributed by atoms with van der Waals surface area (Å²) in [7, 11) is -5.43. The number of nitrogens with one attached hydrogen (secondary N) is 1. The van der Waals surface area contributed by atoms with Crippen LogP contribution in [0.25, 0.3) is 0 Å². The van der Waals surface area contributed by atoms with Gasteiger partial charge in [0.1, 0.15) is 13.0 Å². The van der Waals surface area contributed by atoms with Gasteiger partial charge in [-0.2, -0.15) is 5.10 Å². The molecule has 0 amide bonds. The lowest BCUT2D eigenvalue weighted by Gasteiger charge is -2.13. The molecule has 1 aromatic rings. The van der Waals surface area contributed by atoms with E-state index in [9.17, 15) is 8.42 Å². The van der Waals surface area contributed by atoms with Crippen LogP contribution in [0, 0.1) is 6.92 Å². The quantitative estimate of drug-likeness (QED) is 0.700. The maximum absolute atomic E-state index is 11.3. The molecule has 0 spiro atoms. The molecular weight excluding hydrogens is 218 g/mol. The van der Waals surface area contributed by atoms with Crippen molar-refractivity contribution in [3.8, 4) is 0 Å². The van der Waals surface area contributed by atoms with Crippen LogP contribution in [-0.4, -0.2) is 26.7 Å². The van der Waals surface area contributed by atoms with Gasteiger partial charge in [-0.1, -0.05) is 19.6 Å². The maximum atomic E-state index is 11.3. The maximum Gasteiger partial charge on any atom is 0.241 e. The Morgan fingerprint density at radius 3 is 2.14 bits per heavy atom. The fraction of sp³-hybridized carbons (Fsp3) is 0.571. The van der Waals surface area contributed by atoms with Crippen molar-refractivity contribution in [1.29, 1.82) is 0 Å². The van der Waals surface area contributed by atoms with Crippen LogP contribution in [0.15, 0.2) is 4.90 Å². The fourth-order valence-electron chi connectivity index (χ4n) is 1.28. The van der Waals surface area contributed by atoms with Crippen LogP contribution < -0.4 is 10.5 Å². The summed E-state index contributed by atoms with van der Waals surface area (Å²) in [5, 5.41) is 12.5. The molecule has 1 heterocycles. The molecular formula is C7H15N3O2SSi. The number of nitrogens with two attached hydrogens (primary N) is 1. The summed E-state index contributed by atoms with van der Waals surface area (Å²) in [5.74, 6) is 0. The van der Waals surface area contributed by atoms with Crippen LogP contribution in [0.3, 0.4) is 0 Å². The third kappa shape index (κ3) is 2.05. The number of hydrogen-bond acceptors (Lipinski definition) is 3. The molecule has 7 heteroatoms. The van der Waals surface area contributed by atoms with Crippen molar-refractivity contribution in [3.05, 3.63) is 5.69 Å². The van der Waals surface area contributed by atoms with E-state index in [4.69, 9.17) is 5.14 Å². The summed E-state index contributed by atoms with van der Waals surface area (Å²) < 4.78 is 22.6. The van der Waals surface area contributed by atoms with E-state index in [0.717, 1.165) is 0 Å². The normalized spacial score (nSPS) is 13.2. The monoisotopic (exact) mass is 233 g/mol. The van der Waals surface area contributed by atoms with E-state index < -0.39 is 18.1 Å². The number of nitrogens with zero attached hydrogens (tertiary/aromatic N) is 1. The van der Waals surface area contributed by atoms with Crippen LogP contribution in [0.1, 0.15) is 5.69 Å². The molecule has 14 heavy (non-hydrogen) atoms. The fourth-order valence-corrected chi connectivity index (χ4v) is 4.67. The van der Waals surface area contributed by atoms with Gasteiger partial charge in [-0.15, -0.1) is 0 Å². The highest BCUT2D eigenvalue weighted by Crippen LogP contribution is 2.12. The minimum absolute atomic E-state index is 0.177. The summed E-state index contributed by atoms with van der Waals surface area (Å²) >= 11 is 0. The number of rotatable bonds is 2. The minimum atomic E-state index is -3.66. The predicted octanol–water partition coefficient (Wildman–Crippen LogP) is -0.0893. The molecule has 0 fully saturated rings. The minimum Gasteiger partial charge on any atom is -0.282 e. The zero-order chi connectivity index (χ0) is 11.1. The SMILES string of the molecule is Cc1[nH]nc([Si](C)(C)C)c1S(N)(=O)=O. The smallest absolute Gasteiger partial charge is 0.241 e. The lowest BCUT2D eigenvalue weighted by atomic mass is 10.5. The molecule has 0 unspecified atom stereocenters. The van der Waals surface area contributed by atoms with Crippen molar-refractivity contribution in [2.75, 3.05) is 0 Å². The van der Waals surface area contributed by atoms with Crippen molar-refractivity contribution in [3.63, 3.8) is 0 Å². The Bertz CT molecular complexity index is 444. The topological polar surface area (TPSA) is 88.8 Å². The van der Waals surface area contributed by atoms with Gasteiger partial charge in [0.05, 0.1) is 11.0 Å². The Morgan fingerprint density at radius 1 is 1.36 bits per heavy atom. The number of hydrogen-bond donors (Lipinski definition) is 2. The summed E-state index contributed by atoms with van der Waals surface area (Å²) in [4.78, 5) is 0.177. The molecule has 0 saturated carbocycles. The van der Waals surface area contributed by atoms with Crippen LogP contribution in [-0.2, 0) is 10.0 Å². The number of primary sulfonamides is 1. The second kappa shape index (κ2) is 3.18. The van der Waals surface area contributed by atoms with Gasteiger partial charge >= 0.3 is 0 Å². The first-order chi connectivity index (χ1) is 6.14. The van der Waals surface area contributed by atoms with Gasteiger partial charge < -0.3 is 0 Å². The molecule has 0 bridgehead atoms. The number of aryl methyl sites for hydroxylation is 1. The van der Waals surface area contributed by atoms with Gasteiger partial charge in [0, 0.05) is 0 Å². The van der Waals surface area contributed by atoms with E-state index in [1.807, 2.05) is 19.6 Å². The van der Waals surface area contributed by atoms with E-state index in [2.05, 4.69) is 10.2 Å². The Morgan fingerprint density at radius 2 is 1.86 bits per heavy atom. The van der Waals surface area contributed by atoms with E-state index in [0.29, 0.717) is 11.0 Å². The molecule has 0 aromatic carbocycles. The Kier molecular flexibility index (Phi) is 2.59. The second-order valence-corrected chi connectivity index (χ2v) is 10.8. The van der Waals surface area contributed by atoms with Crippen LogP contribution >= 0.6 is 0 Å². The van der Waals surface area contributed by atoms with Gasteiger partial charge in [-0.05, 0) is 6.92 Å². The highest BCUT2D eigenvalue weighted by molar-refractivity contribution is 7.89. The number of aromatic amines is 1. The molecule has 3 N–H and O–H groups in total. The molecule has 0 radical (unpaired) electrons. The Hall–Kier alpha value is -0.663. The van der Waals surface area contributed by atoms with Gasteiger partial charge in [0.2, 0.25) is 10.0 Å². The summed E-state index contributed by atoms with van der Waals surface area (Å²) in [6.45, 7) is 7.74. The third-order valence-corrected chi connectivity index (χ3v) is 4.92. The first-order valence-corrected chi connectivity index (χ1v) is 9.27. The van der Waals surface area contributed by atoms with Gasteiger partial charge in [0.25, 0.3) is 0 Å². The van der Waals surface area contributed by atoms with Crippen molar-refractivity contribution < 1.29 is 8.42 Å². The zero-order valence-corrected chi connectivity index (χ0v) is 10.6. The average molecular weight is 233 g/mol. The van der Waals surface area contributed by atoms with E-state index in [1.54, 1.807) is 6.92 Å². The summed E-state index contributed by atoms with van der Waals surface area (Å²) in [6, 6.07) is 0. The summed E-state index contributed by atoms with van der Waals surface area (Å²) in [5.41, 5.74) is 0.518. The van der Waals surface area contributed by atoms with Crippen molar-refractivity contribution >= 4 is 23.4 Å². The van der Waals surface area contributed by atoms with E-state index >= 15 is 0 Å². The lowest BCUT2D eigenvalue weighted by Crippen LogP contribution is -2.42. The number of aromatic nitrogens is 2. The number of H-pyrrole nitrogens is 1. The van der Waals surface area contributed by atoms with E-state index in [-0.39, 0.29) is 4.90 Å². The molecule has 0 aliphatic heterocycles. The molecule has 1 aromatic heterocycles. The van der Waals surface area contributed by atoms with Crippen molar-refractivity contribution in [2.45, 2.75) is 31.5 Å². The predicted molar refractivity (Wildman–Crippen MR) is 57.7 cm³/mol. The van der Waals surface area contributed by atoms with Gasteiger partial charge in [-0.25, -0.2) is 13.6 Å². The van der Waals surface area contributed by atoms with Crippen molar-refractivity contribution in [2.24, 2.45) is 5.14 Å². The molecule has 0 saturated heterocycles. The van der Waals surface area contributed by atoms with Crippen LogP contribution in [0.4, 0.5) is 0 Å². The molecule has 0 atom stereocenters. The largest absolute Gasteiger partial charge is 0.282 e. The van der Waals surface area contributed by atoms with E-state index in [1.165, 1.54) is 0 Å². The standard InChI is InChI=1S/C7H15N3O2SSi/c1-5-6(13(8,11)12)7(10-9-5)14(2,3)4/h1-4H3,(H,9,10)(H2,8,11,12). The third-order valence-electron chi connectivity index (χ3n) is 1.89. The van der Waals surface area contributed by atoms with Gasteiger partial charge in [-0.3, -0.25) is 5.10 Å². The summed E-state index contributed by atoms with van der Waals surface area (Å²) in [6.07, 6.45) is 0. The van der Waals surface area contributed by atoms with Crippen LogP contribution in [0.5, 0.6) is 0 Å². The highest BCUT2D eigenvalue weighted by atomic mass is 32.2. The number of sulfonamides is 1. The van der Waals surface area contributed by atoms with Crippen LogP contribution in [0.2, 0.25) is 19.6 Å². The average Bonchev–Trinajstić information content (AvgIpc) is 2.27. The zero-order valence-electron chi connectivity index (χ0n) is 8.75. The molecule has 0 aliphatic carbocycles. The van der Waals surface area contributed by atoms with Gasteiger partial charge in [0.15, 0.2) is 0 Å². The van der Waals surface area contributed by atoms with Crippen molar-refractivity contribution in [1.82, 2.24) is 10.2 Å². The second-order valence-electron chi connectivity index (χ2n) is 4.32. The highest BCUT2D eigenvalue weighted by Gasteiger charge is 2.30. The molecule has 80 valence electrons.